The van der Waals surface area contributed by atoms with E-state index in [1.165, 1.54) is 11.8 Å². The molecule has 1 aromatic heterocycles. The van der Waals surface area contributed by atoms with Crippen molar-refractivity contribution in [3.05, 3.63) is 77.7 Å². The fourth-order valence-electron chi connectivity index (χ4n) is 3.02. The second kappa shape index (κ2) is 9.85. The predicted molar refractivity (Wildman–Crippen MR) is 121 cm³/mol. The number of aliphatic hydroxyl groups is 1. The SMILES string of the molecule is Cc1ccc(C)c(OCc2nnc(SCC(O)COc3ccc4ccccc4c3)o2)c1. The molecule has 4 rings (SSSR count). The number of aromatic nitrogens is 2. The molecule has 1 heterocycles. The number of nitrogens with zero attached hydrogens (tertiary/aromatic N) is 2. The molecule has 1 unspecified atom stereocenters. The van der Waals surface area contributed by atoms with Gasteiger partial charge in [0.05, 0.1) is 6.10 Å². The van der Waals surface area contributed by atoms with E-state index in [4.69, 9.17) is 13.9 Å². The normalized spacial score (nSPS) is 12.1. The molecule has 1 N–H and O–H groups in total. The number of fused-ring (bicyclic) bond motifs is 1. The molecule has 4 aromatic rings. The van der Waals surface area contributed by atoms with E-state index in [1.54, 1.807) is 0 Å². The van der Waals surface area contributed by atoms with E-state index in [-0.39, 0.29) is 13.2 Å². The van der Waals surface area contributed by atoms with Crippen LogP contribution in [0.25, 0.3) is 10.8 Å². The van der Waals surface area contributed by atoms with Gasteiger partial charge in [0.25, 0.3) is 11.1 Å². The Labute approximate surface area is 185 Å². The van der Waals surface area contributed by atoms with Gasteiger partial charge in [0.15, 0.2) is 6.61 Å². The Morgan fingerprint density at radius 3 is 2.68 bits per heavy atom. The summed E-state index contributed by atoms with van der Waals surface area (Å²) in [6.45, 7) is 4.39. The number of rotatable bonds is 9. The van der Waals surface area contributed by atoms with Gasteiger partial charge in [-0.1, -0.05) is 54.2 Å². The summed E-state index contributed by atoms with van der Waals surface area (Å²) in [6, 6.07) is 20.0. The Bertz CT molecular complexity index is 1160. The van der Waals surface area contributed by atoms with E-state index in [1.807, 2.05) is 68.4 Å². The number of ether oxygens (including phenoxy) is 2. The molecule has 6 nitrogen and oxygen atoms in total. The number of aryl methyl sites for hydroxylation is 2. The van der Waals surface area contributed by atoms with Crippen LogP contribution in [0.3, 0.4) is 0 Å². The summed E-state index contributed by atoms with van der Waals surface area (Å²) in [5, 5.41) is 20.9. The van der Waals surface area contributed by atoms with Gasteiger partial charge >= 0.3 is 0 Å². The summed E-state index contributed by atoms with van der Waals surface area (Å²) in [5.74, 6) is 2.30. The van der Waals surface area contributed by atoms with Gasteiger partial charge in [0.1, 0.15) is 18.1 Å². The summed E-state index contributed by atoms with van der Waals surface area (Å²) < 4.78 is 17.1. The van der Waals surface area contributed by atoms with E-state index in [0.29, 0.717) is 16.9 Å². The zero-order valence-electron chi connectivity index (χ0n) is 17.4. The maximum Gasteiger partial charge on any atom is 0.276 e. The highest BCUT2D eigenvalue weighted by Gasteiger charge is 2.12. The highest BCUT2D eigenvalue weighted by atomic mass is 32.2. The maximum absolute atomic E-state index is 10.2. The van der Waals surface area contributed by atoms with Crippen molar-refractivity contribution < 1.29 is 19.0 Å². The third-order valence-electron chi connectivity index (χ3n) is 4.71. The number of thioether (sulfide) groups is 1. The molecule has 0 aliphatic rings. The Morgan fingerprint density at radius 1 is 0.968 bits per heavy atom. The van der Waals surface area contributed by atoms with Crippen LogP contribution in [0.1, 0.15) is 17.0 Å². The van der Waals surface area contributed by atoms with Gasteiger partial charge in [-0.25, -0.2) is 0 Å². The minimum absolute atomic E-state index is 0.183. The van der Waals surface area contributed by atoms with Gasteiger partial charge in [-0.15, -0.1) is 10.2 Å². The van der Waals surface area contributed by atoms with Crippen LogP contribution in [0.5, 0.6) is 11.5 Å². The van der Waals surface area contributed by atoms with Crippen LogP contribution in [-0.2, 0) is 6.61 Å². The molecule has 0 aliphatic carbocycles. The van der Waals surface area contributed by atoms with Crippen molar-refractivity contribution in [1.82, 2.24) is 10.2 Å². The van der Waals surface area contributed by atoms with E-state index < -0.39 is 6.10 Å². The summed E-state index contributed by atoms with van der Waals surface area (Å²) in [4.78, 5) is 0. The van der Waals surface area contributed by atoms with E-state index >= 15 is 0 Å². The molecule has 0 saturated carbocycles. The van der Waals surface area contributed by atoms with Crippen molar-refractivity contribution in [2.24, 2.45) is 0 Å². The summed E-state index contributed by atoms with van der Waals surface area (Å²) in [5.41, 5.74) is 2.18. The smallest absolute Gasteiger partial charge is 0.276 e. The third kappa shape index (κ3) is 5.77. The van der Waals surface area contributed by atoms with Crippen molar-refractivity contribution in [1.29, 1.82) is 0 Å². The lowest BCUT2D eigenvalue weighted by Gasteiger charge is -2.11. The van der Waals surface area contributed by atoms with Crippen LogP contribution < -0.4 is 9.47 Å². The van der Waals surface area contributed by atoms with Gasteiger partial charge in [-0.2, -0.15) is 0 Å². The van der Waals surface area contributed by atoms with Gasteiger partial charge < -0.3 is 19.0 Å². The molecule has 7 heteroatoms. The second-order valence-corrected chi connectivity index (χ2v) is 8.28. The molecule has 0 bridgehead atoms. The predicted octanol–water partition coefficient (Wildman–Crippen LogP) is 4.95. The van der Waals surface area contributed by atoms with Crippen LogP contribution in [-0.4, -0.2) is 33.8 Å². The Kier molecular flexibility index (Phi) is 6.74. The van der Waals surface area contributed by atoms with E-state index in [9.17, 15) is 5.11 Å². The van der Waals surface area contributed by atoms with Crippen LogP contribution in [0.4, 0.5) is 0 Å². The Balaban J connectivity index is 1.23. The third-order valence-corrected chi connectivity index (χ3v) is 5.67. The van der Waals surface area contributed by atoms with Crippen molar-refractivity contribution in [3.63, 3.8) is 0 Å². The highest BCUT2D eigenvalue weighted by molar-refractivity contribution is 7.99. The molecule has 0 spiro atoms. The topological polar surface area (TPSA) is 77.6 Å². The molecule has 160 valence electrons. The molecule has 31 heavy (non-hydrogen) atoms. The molecular weight excluding hydrogens is 412 g/mol. The fourth-order valence-corrected chi connectivity index (χ4v) is 3.71. The number of hydrogen-bond acceptors (Lipinski definition) is 7. The van der Waals surface area contributed by atoms with Crippen LogP contribution in [0.15, 0.2) is 70.3 Å². The van der Waals surface area contributed by atoms with Crippen molar-refractivity contribution in [3.8, 4) is 11.5 Å². The first-order chi connectivity index (χ1) is 15.1. The molecular formula is C24H24N2O4S. The molecule has 0 amide bonds. The molecule has 1 atom stereocenters. The quantitative estimate of drug-likeness (QED) is 0.372. The average molecular weight is 437 g/mol. The fraction of sp³-hybridized carbons (Fsp3) is 0.250. The van der Waals surface area contributed by atoms with Gasteiger partial charge in [-0.3, -0.25) is 0 Å². The second-order valence-electron chi connectivity index (χ2n) is 7.30. The molecule has 0 fully saturated rings. The zero-order valence-corrected chi connectivity index (χ0v) is 18.3. The van der Waals surface area contributed by atoms with Crippen molar-refractivity contribution in [2.45, 2.75) is 31.8 Å². The van der Waals surface area contributed by atoms with Crippen LogP contribution >= 0.6 is 11.8 Å². The first kappa shape index (κ1) is 21.2. The van der Waals surface area contributed by atoms with E-state index in [0.717, 1.165) is 33.4 Å². The van der Waals surface area contributed by atoms with Crippen molar-refractivity contribution in [2.75, 3.05) is 12.4 Å². The van der Waals surface area contributed by atoms with Gasteiger partial charge in [0.2, 0.25) is 0 Å². The number of aliphatic hydroxyl groups excluding tert-OH is 1. The Hall–Kier alpha value is -3.03. The number of hydrogen-bond donors (Lipinski definition) is 1. The lowest BCUT2D eigenvalue weighted by molar-refractivity contribution is 0.126. The zero-order chi connectivity index (χ0) is 21.6. The van der Waals surface area contributed by atoms with Gasteiger partial charge in [-0.05, 0) is 53.9 Å². The number of benzene rings is 3. The first-order valence-electron chi connectivity index (χ1n) is 10.0. The lowest BCUT2D eigenvalue weighted by atomic mass is 10.1. The Morgan fingerprint density at radius 2 is 1.81 bits per heavy atom. The molecule has 0 aliphatic heterocycles. The molecule has 0 radical (unpaired) electrons. The lowest BCUT2D eigenvalue weighted by Crippen LogP contribution is -2.20. The molecule has 3 aromatic carbocycles. The van der Waals surface area contributed by atoms with Crippen LogP contribution in [0, 0.1) is 13.8 Å². The minimum Gasteiger partial charge on any atom is -0.491 e. The van der Waals surface area contributed by atoms with E-state index in [2.05, 4.69) is 16.3 Å². The first-order valence-corrected chi connectivity index (χ1v) is 11.0. The summed E-state index contributed by atoms with van der Waals surface area (Å²) in [7, 11) is 0. The monoisotopic (exact) mass is 436 g/mol. The minimum atomic E-state index is -0.669. The van der Waals surface area contributed by atoms with Crippen molar-refractivity contribution >= 4 is 22.5 Å². The average Bonchev–Trinajstić information content (AvgIpc) is 3.24. The standard InChI is InChI=1S/C24H24N2O4S/c1-16-7-8-17(2)22(11-16)29-14-23-25-26-24(30-23)31-15-20(27)13-28-21-10-9-18-5-3-4-6-19(18)12-21/h3-12,20,27H,13-15H2,1-2H3. The highest BCUT2D eigenvalue weighted by Crippen LogP contribution is 2.23. The summed E-state index contributed by atoms with van der Waals surface area (Å²) >= 11 is 1.29. The maximum atomic E-state index is 10.2. The van der Waals surface area contributed by atoms with Crippen LogP contribution in [0.2, 0.25) is 0 Å². The largest absolute Gasteiger partial charge is 0.491 e. The summed E-state index contributed by atoms with van der Waals surface area (Å²) in [6.07, 6.45) is -0.669. The molecule has 0 saturated heterocycles. The van der Waals surface area contributed by atoms with Gasteiger partial charge in [0, 0.05) is 5.75 Å².